The van der Waals surface area contributed by atoms with Crippen LogP contribution in [0.1, 0.15) is 33.9 Å². The summed E-state index contributed by atoms with van der Waals surface area (Å²) in [5.74, 6) is -0.770. The number of hydrogen-bond donors (Lipinski definition) is 1. The van der Waals surface area contributed by atoms with Crippen LogP contribution in [0.5, 0.6) is 0 Å². The van der Waals surface area contributed by atoms with Gasteiger partial charge in [-0.25, -0.2) is 8.78 Å². The number of aliphatic hydroxyl groups is 1. The number of benzene rings is 2. The van der Waals surface area contributed by atoms with Crippen molar-refractivity contribution in [2.45, 2.75) is 26.9 Å². The van der Waals surface area contributed by atoms with Crippen molar-refractivity contribution in [3.8, 4) is 0 Å². The lowest BCUT2D eigenvalue weighted by atomic mass is 9.92. The third-order valence-corrected chi connectivity index (χ3v) is 3.35. The van der Waals surface area contributed by atoms with Crippen LogP contribution >= 0.6 is 0 Å². The van der Waals surface area contributed by atoms with Crippen molar-refractivity contribution in [2.24, 2.45) is 0 Å². The molecule has 1 unspecified atom stereocenters. The fraction of sp³-hybridized carbons (Fsp3) is 0.250. The lowest BCUT2D eigenvalue weighted by Crippen LogP contribution is -2.08. The second-order valence-corrected chi connectivity index (χ2v) is 4.83. The van der Waals surface area contributed by atoms with Gasteiger partial charge >= 0.3 is 0 Å². The van der Waals surface area contributed by atoms with Gasteiger partial charge in [0.2, 0.25) is 0 Å². The molecule has 0 aromatic heterocycles. The minimum Gasteiger partial charge on any atom is -0.384 e. The van der Waals surface area contributed by atoms with Crippen LogP contribution in [0.4, 0.5) is 8.78 Å². The monoisotopic (exact) mass is 262 g/mol. The van der Waals surface area contributed by atoms with Crippen LogP contribution in [0.25, 0.3) is 0 Å². The zero-order valence-corrected chi connectivity index (χ0v) is 11.2. The third kappa shape index (κ3) is 2.51. The summed E-state index contributed by atoms with van der Waals surface area (Å²) in [6.07, 6.45) is -1.08. The summed E-state index contributed by atoms with van der Waals surface area (Å²) in [7, 11) is 0. The summed E-state index contributed by atoms with van der Waals surface area (Å²) < 4.78 is 27.3. The summed E-state index contributed by atoms with van der Waals surface area (Å²) >= 11 is 0. The van der Waals surface area contributed by atoms with Gasteiger partial charge in [0, 0.05) is 5.56 Å². The molecule has 0 saturated heterocycles. The molecule has 19 heavy (non-hydrogen) atoms. The first-order chi connectivity index (χ1) is 8.91. The van der Waals surface area contributed by atoms with E-state index in [9.17, 15) is 13.9 Å². The Morgan fingerprint density at radius 1 is 0.947 bits per heavy atom. The third-order valence-electron chi connectivity index (χ3n) is 3.35. The predicted molar refractivity (Wildman–Crippen MR) is 71.1 cm³/mol. The molecule has 3 heteroatoms. The number of hydrogen-bond acceptors (Lipinski definition) is 1. The molecule has 0 radical (unpaired) electrons. The number of aryl methyl sites for hydroxylation is 3. The Hall–Kier alpha value is -1.74. The van der Waals surface area contributed by atoms with Crippen LogP contribution in [0, 0.1) is 32.4 Å². The van der Waals surface area contributed by atoms with E-state index in [2.05, 4.69) is 0 Å². The summed E-state index contributed by atoms with van der Waals surface area (Å²) in [5, 5.41) is 10.4. The van der Waals surface area contributed by atoms with E-state index in [0.717, 1.165) is 0 Å². The highest BCUT2D eigenvalue weighted by Crippen LogP contribution is 2.30. The normalized spacial score (nSPS) is 12.5. The molecule has 2 aromatic rings. The van der Waals surface area contributed by atoms with E-state index >= 15 is 0 Å². The number of rotatable bonds is 2. The minimum absolute atomic E-state index is 0.220. The van der Waals surface area contributed by atoms with Crippen molar-refractivity contribution in [1.82, 2.24) is 0 Å². The van der Waals surface area contributed by atoms with Crippen LogP contribution in [0.15, 0.2) is 30.3 Å². The van der Waals surface area contributed by atoms with Crippen molar-refractivity contribution in [3.05, 3.63) is 69.8 Å². The number of aliphatic hydroxyl groups excluding tert-OH is 1. The first-order valence-corrected chi connectivity index (χ1v) is 6.11. The second kappa shape index (κ2) is 5.10. The second-order valence-electron chi connectivity index (χ2n) is 4.83. The van der Waals surface area contributed by atoms with Gasteiger partial charge in [0.05, 0.1) is 0 Å². The van der Waals surface area contributed by atoms with Gasteiger partial charge in [0.15, 0.2) is 0 Å². The van der Waals surface area contributed by atoms with Gasteiger partial charge in [0.25, 0.3) is 0 Å². The zero-order valence-electron chi connectivity index (χ0n) is 11.2. The standard InChI is InChI=1S/C16H16F2O/c1-9-5-4-6-13(15(9)18)16(19)14-10(2)7-12(17)8-11(14)3/h4-8,16,19H,1-3H3. The van der Waals surface area contributed by atoms with Crippen molar-refractivity contribution in [1.29, 1.82) is 0 Å². The molecule has 0 aliphatic carbocycles. The topological polar surface area (TPSA) is 20.2 Å². The van der Waals surface area contributed by atoms with Crippen molar-refractivity contribution in [3.63, 3.8) is 0 Å². The van der Waals surface area contributed by atoms with E-state index in [0.29, 0.717) is 22.3 Å². The molecule has 1 N–H and O–H groups in total. The Labute approximate surface area is 111 Å². The van der Waals surface area contributed by atoms with Crippen LogP contribution in [-0.2, 0) is 0 Å². The van der Waals surface area contributed by atoms with Crippen molar-refractivity contribution >= 4 is 0 Å². The molecule has 100 valence electrons. The lowest BCUT2D eigenvalue weighted by molar-refractivity contribution is 0.213. The first kappa shape index (κ1) is 13.7. The maximum atomic E-state index is 14.0. The van der Waals surface area contributed by atoms with Gasteiger partial charge in [0.1, 0.15) is 17.7 Å². The van der Waals surface area contributed by atoms with Gasteiger partial charge in [-0.3, -0.25) is 0 Å². The maximum Gasteiger partial charge on any atom is 0.132 e. The quantitative estimate of drug-likeness (QED) is 0.868. The van der Waals surface area contributed by atoms with Crippen molar-refractivity contribution < 1.29 is 13.9 Å². The predicted octanol–water partition coefficient (Wildman–Crippen LogP) is 3.97. The average molecular weight is 262 g/mol. The molecule has 0 heterocycles. The summed E-state index contributed by atoms with van der Waals surface area (Å²) in [6, 6.07) is 7.59. The van der Waals surface area contributed by atoms with E-state index in [1.54, 1.807) is 39.0 Å². The molecule has 0 fully saturated rings. The Bertz CT molecular complexity index is 597. The van der Waals surface area contributed by atoms with Crippen LogP contribution in [0.3, 0.4) is 0 Å². The molecule has 1 atom stereocenters. The fourth-order valence-corrected chi connectivity index (χ4v) is 2.39. The minimum atomic E-state index is -1.08. The van der Waals surface area contributed by atoms with Gasteiger partial charge in [-0.05, 0) is 55.2 Å². The fourth-order valence-electron chi connectivity index (χ4n) is 2.39. The molecule has 1 nitrogen and oxygen atoms in total. The van der Waals surface area contributed by atoms with E-state index in [1.807, 2.05) is 0 Å². The summed E-state index contributed by atoms with van der Waals surface area (Å²) in [4.78, 5) is 0. The molecule has 2 rings (SSSR count). The molecular weight excluding hydrogens is 246 g/mol. The van der Waals surface area contributed by atoms with Gasteiger partial charge < -0.3 is 5.11 Å². The highest BCUT2D eigenvalue weighted by atomic mass is 19.1. The number of halogens is 2. The smallest absolute Gasteiger partial charge is 0.132 e. The lowest BCUT2D eigenvalue weighted by Gasteiger charge is -2.18. The summed E-state index contributed by atoms with van der Waals surface area (Å²) in [5.41, 5.74) is 2.49. The molecular formula is C16H16F2O. The Kier molecular flexibility index (Phi) is 3.67. The maximum absolute atomic E-state index is 14.0. The molecule has 0 aliphatic heterocycles. The van der Waals surface area contributed by atoms with E-state index in [-0.39, 0.29) is 11.4 Å². The molecule has 2 aromatic carbocycles. The van der Waals surface area contributed by atoms with Gasteiger partial charge in [-0.2, -0.15) is 0 Å². The Balaban J connectivity index is 2.56. The Morgan fingerprint density at radius 3 is 2.11 bits per heavy atom. The molecule has 0 saturated carbocycles. The first-order valence-electron chi connectivity index (χ1n) is 6.11. The van der Waals surface area contributed by atoms with E-state index in [1.165, 1.54) is 12.1 Å². The van der Waals surface area contributed by atoms with Gasteiger partial charge in [-0.1, -0.05) is 18.2 Å². The van der Waals surface area contributed by atoms with Crippen LogP contribution in [-0.4, -0.2) is 5.11 Å². The molecule has 0 amide bonds. The SMILES string of the molecule is Cc1cccc(C(O)c2c(C)cc(F)cc2C)c1F. The molecule has 0 bridgehead atoms. The highest BCUT2D eigenvalue weighted by molar-refractivity contribution is 5.42. The highest BCUT2D eigenvalue weighted by Gasteiger charge is 2.20. The van der Waals surface area contributed by atoms with Crippen molar-refractivity contribution in [2.75, 3.05) is 0 Å². The van der Waals surface area contributed by atoms with Gasteiger partial charge in [-0.15, -0.1) is 0 Å². The summed E-state index contributed by atoms with van der Waals surface area (Å²) in [6.45, 7) is 5.07. The Morgan fingerprint density at radius 2 is 1.53 bits per heavy atom. The van der Waals surface area contributed by atoms with Crippen LogP contribution < -0.4 is 0 Å². The zero-order chi connectivity index (χ0) is 14.2. The van der Waals surface area contributed by atoms with Crippen LogP contribution in [0.2, 0.25) is 0 Å². The largest absolute Gasteiger partial charge is 0.384 e. The molecule has 0 spiro atoms. The van der Waals surface area contributed by atoms with E-state index < -0.39 is 11.9 Å². The average Bonchev–Trinajstić information content (AvgIpc) is 2.31. The molecule has 0 aliphatic rings. The van der Waals surface area contributed by atoms with E-state index in [4.69, 9.17) is 0 Å².